The van der Waals surface area contributed by atoms with Crippen LogP contribution in [0.3, 0.4) is 0 Å². The maximum Gasteiger partial charge on any atom is 0.102 e. The quantitative estimate of drug-likeness (QED) is 0.548. The number of alkyl halides is 2. The molecule has 0 nitrogen and oxygen atoms in total. The Morgan fingerprint density at radius 1 is 1.50 bits per heavy atom. The summed E-state index contributed by atoms with van der Waals surface area (Å²) in [4.78, 5) is -0.00463. The third-order valence-corrected chi connectivity index (χ3v) is 2.69. The molecule has 8 heavy (non-hydrogen) atoms. The van der Waals surface area contributed by atoms with E-state index in [0.717, 1.165) is 0 Å². The summed E-state index contributed by atoms with van der Waals surface area (Å²) in [6, 6.07) is 0. The summed E-state index contributed by atoms with van der Waals surface area (Å²) >= 11 is 3.22. The lowest BCUT2D eigenvalue weighted by molar-refractivity contribution is 0.335. The molecule has 0 aliphatic heterocycles. The van der Waals surface area contributed by atoms with Gasteiger partial charge in [0.15, 0.2) is 0 Å². The highest BCUT2D eigenvalue weighted by atomic mass is 79.9. The molecular weight excluding hydrogens is 171 g/mol. The van der Waals surface area contributed by atoms with Gasteiger partial charge in [0.05, 0.1) is 0 Å². The van der Waals surface area contributed by atoms with Crippen molar-refractivity contribution in [2.75, 3.05) is 6.67 Å². The third-order valence-electron chi connectivity index (χ3n) is 1.08. The molecule has 50 valence electrons. The molecule has 0 aromatic carbocycles. The highest BCUT2D eigenvalue weighted by molar-refractivity contribution is 9.09. The summed E-state index contributed by atoms with van der Waals surface area (Å²) in [5.74, 6) is 0. The van der Waals surface area contributed by atoms with Crippen molar-refractivity contribution in [2.24, 2.45) is 5.41 Å². The van der Waals surface area contributed by atoms with Gasteiger partial charge in [-0.25, -0.2) is 4.39 Å². The summed E-state index contributed by atoms with van der Waals surface area (Å²) in [5.41, 5.74) is 0.0503. The van der Waals surface area contributed by atoms with E-state index < -0.39 is 0 Å². The predicted molar refractivity (Wildman–Crippen MR) is 38.1 cm³/mol. The second-order valence-corrected chi connectivity index (χ2v) is 4.09. The highest BCUT2D eigenvalue weighted by Gasteiger charge is 2.20. The first-order valence-electron chi connectivity index (χ1n) is 2.68. The fourth-order valence-corrected chi connectivity index (χ4v) is 0.231. The molecule has 0 aromatic rings. The van der Waals surface area contributed by atoms with Gasteiger partial charge in [-0.15, -0.1) is 0 Å². The van der Waals surface area contributed by atoms with Crippen LogP contribution in [-0.2, 0) is 0 Å². The van der Waals surface area contributed by atoms with Crippen molar-refractivity contribution in [1.29, 1.82) is 0 Å². The Hall–Kier alpha value is 0.410. The second-order valence-electron chi connectivity index (χ2n) is 2.99. The van der Waals surface area contributed by atoms with Crippen LogP contribution >= 0.6 is 15.9 Å². The number of halogens is 2. The molecule has 0 amide bonds. The minimum atomic E-state index is -0.288. The van der Waals surface area contributed by atoms with Gasteiger partial charge in [-0.1, -0.05) is 36.7 Å². The molecule has 0 spiro atoms. The van der Waals surface area contributed by atoms with Crippen LogP contribution in [-0.4, -0.2) is 11.5 Å². The number of hydrogen-bond donors (Lipinski definition) is 0. The normalized spacial score (nSPS) is 16.1. The zero-order chi connectivity index (χ0) is 6.78. The standard InChI is InChI=1S/C6H12BrF/c1-6(2,3)5(7)4-8/h5H,4H2,1-3H3. The van der Waals surface area contributed by atoms with Crippen LogP contribution in [0.1, 0.15) is 20.8 Å². The van der Waals surface area contributed by atoms with E-state index in [1.54, 1.807) is 0 Å². The highest BCUT2D eigenvalue weighted by Crippen LogP contribution is 2.25. The van der Waals surface area contributed by atoms with Crippen molar-refractivity contribution in [3.63, 3.8) is 0 Å². The van der Waals surface area contributed by atoms with Crippen LogP contribution < -0.4 is 0 Å². The molecule has 2 heteroatoms. The smallest absolute Gasteiger partial charge is 0.102 e. The molecule has 0 fully saturated rings. The van der Waals surface area contributed by atoms with Gasteiger partial charge >= 0.3 is 0 Å². The Kier molecular flexibility index (Phi) is 2.95. The Morgan fingerprint density at radius 2 is 1.88 bits per heavy atom. The van der Waals surface area contributed by atoms with Gasteiger partial charge in [0, 0.05) is 4.83 Å². The lowest BCUT2D eigenvalue weighted by Gasteiger charge is -2.22. The summed E-state index contributed by atoms with van der Waals surface area (Å²) in [6.45, 7) is 5.73. The van der Waals surface area contributed by atoms with E-state index in [4.69, 9.17) is 0 Å². The van der Waals surface area contributed by atoms with Crippen LogP contribution in [0.2, 0.25) is 0 Å². The van der Waals surface area contributed by atoms with Crippen molar-refractivity contribution in [3.8, 4) is 0 Å². The lowest BCUT2D eigenvalue weighted by atomic mass is 9.93. The third kappa shape index (κ3) is 2.65. The van der Waals surface area contributed by atoms with Crippen molar-refractivity contribution >= 4 is 15.9 Å². The molecule has 0 saturated heterocycles. The summed E-state index contributed by atoms with van der Waals surface area (Å²) < 4.78 is 11.8. The van der Waals surface area contributed by atoms with E-state index in [9.17, 15) is 4.39 Å². The van der Waals surface area contributed by atoms with Gasteiger partial charge in [0.2, 0.25) is 0 Å². The number of hydrogen-bond acceptors (Lipinski definition) is 0. The van der Waals surface area contributed by atoms with E-state index in [-0.39, 0.29) is 16.9 Å². The maximum absolute atomic E-state index is 11.8. The first kappa shape index (κ1) is 8.41. The van der Waals surface area contributed by atoms with Gasteiger partial charge < -0.3 is 0 Å². The fraction of sp³-hybridized carbons (Fsp3) is 1.00. The van der Waals surface area contributed by atoms with Crippen LogP contribution in [0.15, 0.2) is 0 Å². The molecular formula is C6H12BrF. The van der Waals surface area contributed by atoms with E-state index in [1.165, 1.54) is 0 Å². The Morgan fingerprint density at radius 3 is 1.88 bits per heavy atom. The number of rotatable bonds is 1. The van der Waals surface area contributed by atoms with E-state index in [2.05, 4.69) is 15.9 Å². The average molecular weight is 183 g/mol. The predicted octanol–water partition coefficient (Wildman–Crippen LogP) is 2.77. The van der Waals surface area contributed by atoms with E-state index >= 15 is 0 Å². The molecule has 0 aromatic heterocycles. The minimum absolute atomic E-state index is 0.00463. The molecule has 1 unspecified atom stereocenters. The van der Waals surface area contributed by atoms with Crippen LogP contribution in [0.25, 0.3) is 0 Å². The average Bonchev–Trinajstić information content (AvgIpc) is 1.62. The molecule has 0 bridgehead atoms. The molecule has 1 atom stereocenters. The van der Waals surface area contributed by atoms with Crippen molar-refractivity contribution < 1.29 is 4.39 Å². The van der Waals surface area contributed by atoms with E-state index in [1.807, 2.05) is 20.8 Å². The zero-order valence-electron chi connectivity index (χ0n) is 5.54. The van der Waals surface area contributed by atoms with Crippen molar-refractivity contribution in [2.45, 2.75) is 25.6 Å². The van der Waals surface area contributed by atoms with Crippen LogP contribution in [0.5, 0.6) is 0 Å². The monoisotopic (exact) mass is 182 g/mol. The first-order valence-corrected chi connectivity index (χ1v) is 3.60. The first-order chi connectivity index (χ1) is 3.48. The topological polar surface area (TPSA) is 0 Å². The van der Waals surface area contributed by atoms with Gasteiger partial charge in [-0.05, 0) is 5.41 Å². The zero-order valence-corrected chi connectivity index (χ0v) is 7.13. The van der Waals surface area contributed by atoms with Gasteiger partial charge in [0.1, 0.15) is 6.67 Å². The molecule has 0 radical (unpaired) electrons. The summed E-state index contributed by atoms with van der Waals surface area (Å²) in [5, 5.41) is 0. The van der Waals surface area contributed by atoms with E-state index in [0.29, 0.717) is 0 Å². The SMILES string of the molecule is CC(C)(C)C(Br)CF. The van der Waals surface area contributed by atoms with Crippen molar-refractivity contribution in [3.05, 3.63) is 0 Å². The van der Waals surface area contributed by atoms with Crippen molar-refractivity contribution in [1.82, 2.24) is 0 Å². The van der Waals surface area contributed by atoms with Gasteiger partial charge in [-0.3, -0.25) is 0 Å². The second kappa shape index (κ2) is 2.81. The molecule has 0 N–H and O–H groups in total. The molecule has 0 aliphatic rings. The van der Waals surface area contributed by atoms with Crippen LogP contribution in [0.4, 0.5) is 4.39 Å². The molecule has 0 rings (SSSR count). The van der Waals surface area contributed by atoms with Gasteiger partial charge in [0.25, 0.3) is 0 Å². The fourth-order valence-electron chi connectivity index (χ4n) is 0.231. The lowest BCUT2D eigenvalue weighted by Crippen LogP contribution is -2.21. The summed E-state index contributed by atoms with van der Waals surface area (Å²) in [6.07, 6.45) is 0. The molecule has 0 saturated carbocycles. The Bertz CT molecular complexity index is 65.4. The summed E-state index contributed by atoms with van der Waals surface area (Å²) in [7, 11) is 0. The molecule has 0 aliphatic carbocycles. The Balaban J connectivity index is 3.62. The minimum Gasteiger partial charge on any atom is -0.250 e. The largest absolute Gasteiger partial charge is 0.250 e. The van der Waals surface area contributed by atoms with Crippen LogP contribution in [0, 0.1) is 5.41 Å². The maximum atomic E-state index is 11.8. The van der Waals surface area contributed by atoms with Gasteiger partial charge in [-0.2, -0.15) is 0 Å². The molecule has 0 heterocycles. The Labute approximate surface area is 58.6 Å².